The van der Waals surface area contributed by atoms with Crippen LogP contribution in [0.1, 0.15) is 5.56 Å². The van der Waals surface area contributed by atoms with Crippen LogP contribution in [0.25, 0.3) is 5.65 Å². The summed E-state index contributed by atoms with van der Waals surface area (Å²) in [6, 6.07) is 2.40. The van der Waals surface area contributed by atoms with E-state index in [0.717, 1.165) is 16.6 Å². The van der Waals surface area contributed by atoms with Crippen LogP contribution in [-0.4, -0.2) is 53.0 Å². The summed E-state index contributed by atoms with van der Waals surface area (Å²) in [6.45, 7) is -0.670. The Morgan fingerprint density at radius 2 is 1.94 bits per heavy atom. The maximum absolute atomic E-state index is 13.6. The molecule has 3 aromatic rings. The van der Waals surface area contributed by atoms with E-state index in [1.54, 1.807) is 0 Å². The number of aromatic nitrogens is 4. The lowest BCUT2D eigenvalue weighted by Crippen LogP contribution is -2.21. The molecule has 0 radical (unpaired) electrons. The first kappa shape index (κ1) is 24.0. The molecule has 0 aliphatic heterocycles. The normalized spacial score (nSPS) is 13.1. The molecule has 32 heavy (non-hydrogen) atoms. The zero-order valence-corrected chi connectivity index (χ0v) is 19.2. The van der Waals surface area contributed by atoms with Crippen molar-refractivity contribution in [2.45, 2.75) is 15.3 Å². The van der Waals surface area contributed by atoms with Crippen molar-refractivity contribution in [2.24, 2.45) is 0 Å². The summed E-state index contributed by atoms with van der Waals surface area (Å²) >= 11 is 1.33. The minimum atomic E-state index is -5.05. The molecule has 0 saturated carbocycles. The molecule has 0 saturated heterocycles. The van der Waals surface area contributed by atoms with Gasteiger partial charge in [0.25, 0.3) is 16.0 Å². The molecule has 0 fully saturated rings. The van der Waals surface area contributed by atoms with Gasteiger partial charge < -0.3 is 14.2 Å². The lowest BCUT2D eigenvalue weighted by atomic mass is 10.2. The predicted octanol–water partition coefficient (Wildman–Crippen LogP) is 3.07. The van der Waals surface area contributed by atoms with Gasteiger partial charge in [0.05, 0.1) is 26.0 Å². The van der Waals surface area contributed by atoms with Gasteiger partial charge in [0.15, 0.2) is 9.93 Å². The summed E-state index contributed by atoms with van der Waals surface area (Å²) in [5.74, 6) is -1.18. The average molecular weight is 591 g/mol. The Balaban J connectivity index is 2.12. The summed E-state index contributed by atoms with van der Waals surface area (Å²) in [7, 11) is -2.38. The monoisotopic (exact) mass is 591 g/mol. The summed E-state index contributed by atoms with van der Waals surface area (Å²) in [5.41, 5.74) is -1.52. The predicted molar refractivity (Wildman–Crippen MR) is 111 cm³/mol. The van der Waals surface area contributed by atoms with E-state index < -0.39 is 49.1 Å². The van der Waals surface area contributed by atoms with Crippen LogP contribution >= 0.6 is 22.6 Å². The van der Waals surface area contributed by atoms with Crippen molar-refractivity contribution in [1.82, 2.24) is 19.6 Å². The van der Waals surface area contributed by atoms with Gasteiger partial charge in [-0.3, -0.25) is 0 Å². The van der Waals surface area contributed by atoms with Crippen LogP contribution in [-0.2, 0) is 16.2 Å². The van der Waals surface area contributed by atoms with Crippen molar-refractivity contribution >= 4 is 44.2 Å². The average Bonchev–Trinajstić information content (AvgIpc) is 3.13. The molecule has 2 heterocycles. The quantitative estimate of drug-likeness (QED) is 0.242. The van der Waals surface area contributed by atoms with Crippen LogP contribution in [0.4, 0.5) is 23.5 Å². The highest BCUT2D eigenvalue weighted by atomic mass is 127. The molecule has 0 aliphatic rings. The molecule has 0 amide bonds. The number of rotatable bonds is 8. The smallest absolute Gasteiger partial charge is 0.417 e. The first-order chi connectivity index (χ1) is 15.0. The second-order valence-corrected chi connectivity index (χ2v) is 8.89. The Hall–Kier alpha value is -2.63. The molecule has 16 heteroatoms. The van der Waals surface area contributed by atoms with E-state index in [9.17, 15) is 26.0 Å². The zero-order chi connectivity index (χ0) is 23.7. The fourth-order valence-electron chi connectivity index (χ4n) is 2.61. The number of nitrogens with zero attached hydrogens (tertiary/aromatic N) is 4. The second kappa shape index (κ2) is 9.08. The van der Waals surface area contributed by atoms with Gasteiger partial charge in [-0.25, -0.2) is 17.5 Å². The van der Waals surface area contributed by atoms with Gasteiger partial charge in [-0.15, -0.1) is 5.10 Å². The van der Waals surface area contributed by atoms with E-state index in [1.165, 1.54) is 43.0 Å². The summed E-state index contributed by atoms with van der Waals surface area (Å²) in [4.78, 5) is 6.59. The Kier molecular flexibility index (Phi) is 6.82. The maximum Gasteiger partial charge on any atom is 0.417 e. The van der Waals surface area contributed by atoms with Crippen molar-refractivity contribution in [2.75, 3.05) is 25.5 Å². The molecular weight excluding hydrogens is 577 g/mol. The third kappa shape index (κ3) is 4.89. The van der Waals surface area contributed by atoms with Crippen molar-refractivity contribution in [1.29, 1.82) is 0 Å². The van der Waals surface area contributed by atoms with Gasteiger partial charge >= 0.3 is 12.2 Å². The Morgan fingerprint density at radius 3 is 2.53 bits per heavy atom. The number of fused-ring (bicyclic) bond motifs is 1. The number of hydrogen-bond donors (Lipinski definition) is 1. The number of methoxy groups -OCH3 is 2. The first-order valence-corrected chi connectivity index (χ1v) is 11.2. The van der Waals surface area contributed by atoms with E-state index in [2.05, 4.69) is 15.1 Å². The fraction of sp³-hybridized carbons (Fsp3) is 0.312. The van der Waals surface area contributed by atoms with Crippen LogP contribution in [0.5, 0.6) is 17.5 Å². The first-order valence-electron chi connectivity index (χ1n) is 8.45. The highest BCUT2D eigenvalue weighted by Gasteiger charge is 2.40. The molecule has 0 aliphatic carbocycles. The van der Waals surface area contributed by atoms with Crippen LogP contribution in [0.3, 0.4) is 0 Å². The van der Waals surface area contributed by atoms with Gasteiger partial charge in [0.2, 0.25) is 5.65 Å². The van der Waals surface area contributed by atoms with Crippen LogP contribution in [0, 0.1) is 0 Å². The molecule has 0 bridgehead atoms. The molecular formula is C16H14F4IN5O5S. The molecule has 2 aromatic heterocycles. The second-order valence-electron chi connectivity index (χ2n) is 5.92. The molecule has 1 atom stereocenters. The highest BCUT2D eigenvalue weighted by Crippen LogP contribution is 2.39. The molecule has 10 nitrogen and oxygen atoms in total. The molecule has 174 valence electrons. The van der Waals surface area contributed by atoms with Crippen molar-refractivity contribution < 1.29 is 40.2 Å². The minimum Gasteiger partial charge on any atom is -0.491 e. The van der Waals surface area contributed by atoms with Crippen molar-refractivity contribution in [3.05, 3.63) is 30.0 Å². The van der Waals surface area contributed by atoms with Crippen LogP contribution in [0.2, 0.25) is 0 Å². The van der Waals surface area contributed by atoms with Gasteiger partial charge in [-0.2, -0.15) is 27.7 Å². The van der Waals surface area contributed by atoms with E-state index in [0.29, 0.717) is 6.07 Å². The summed E-state index contributed by atoms with van der Waals surface area (Å²) in [5, 5.41) is 3.86. The third-order valence-electron chi connectivity index (χ3n) is 3.85. The molecule has 0 spiro atoms. The third-order valence-corrected chi connectivity index (χ3v) is 5.62. The molecule has 1 unspecified atom stereocenters. The number of alkyl halides is 5. The maximum atomic E-state index is 13.6. The van der Waals surface area contributed by atoms with E-state index in [4.69, 9.17) is 14.2 Å². The highest BCUT2D eigenvalue weighted by molar-refractivity contribution is 14.1. The standard InChI is InChI=1S/C16H14F4IN5O5S/c1-29-10-6-22-15(30-2)26-13(10)23-14(24-26)25-32(27,28)12-8(16(18,19)20)4-3-5-9(12)31-7-11(17)21/h3-6,11H,7H2,1-2H3,(H,24,25). The largest absolute Gasteiger partial charge is 0.491 e. The van der Waals surface area contributed by atoms with Gasteiger partial charge in [-0.1, -0.05) is 6.07 Å². The summed E-state index contributed by atoms with van der Waals surface area (Å²) in [6.07, 6.45) is -3.81. The molecule has 1 N–H and O–H groups in total. The number of halogens is 5. The fourth-order valence-corrected chi connectivity index (χ4v) is 4.09. The topological polar surface area (TPSA) is 117 Å². The molecule has 3 rings (SSSR count). The van der Waals surface area contributed by atoms with E-state index in [1.807, 2.05) is 4.72 Å². The Bertz CT molecular complexity index is 1190. The van der Waals surface area contributed by atoms with Gasteiger partial charge in [-0.05, 0) is 34.7 Å². The van der Waals surface area contributed by atoms with Crippen molar-refractivity contribution in [3.8, 4) is 17.5 Å². The van der Waals surface area contributed by atoms with Crippen LogP contribution < -0.4 is 18.9 Å². The lowest BCUT2D eigenvalue weighted by molar-refractivity contribution is -0.140. The number of sulfonamides is 1. The lowest BCUT2D eigenvalue weighted by Gasteiger charge is -2.17. The Labute approximate surface area is 192 Å². The molecule has 1 aromatic carbocycles. The van der Waals surface area contributed by atoms with Gasteiger partial charge in [0.1, 0.15) is 17.3 Å². The zero-order valence-electron chi connectivity index (χ0n) is 16.2. The minimum absolute atomic E-state index is 0.0113. The SMILES string of the molecule is COc1cnc(OC)n2nc(NS(=O)(=O)c3c(OCC(F)I)cccc3C(F)(F)F)nc12. The van der Waals surface area contributed by atoms with Crippen molar-refractivity contribution in [3.63, 3.8) is 0 Å². The Morgan fingerprint density at radius 1 is 1.22 bits per heavy atom. The van der Waals surface area contributed by atoms with Crippen LogP contribution in [0.15, 0.2) is 29.3 Å². The summed E-state index contributed by atoms with van der Waals surface area (Å²) < 4.78 is 96.2. The van der Waals surface area contributed by atoms with Gasteiger partial charge in [0, 0.05) is 0 Å². The number of ether oxygens (including phenoxy) is 3. The van der Waals surface area contributed by atoms with E-state index in [-0.39, 0.29) is 17.4 Å². The van der Waals surface area contributed by atoms with E-state index >= 15 is 0 Å². The number of anilines is 1. The number of hydrogen-bond acceptors (Lipinski definition) is 8. The number of nitrogens with one attached hydrogen (secondary N) is 1. The number of benzene rings is 1.